The van der Waals surface area contributed by atoms with Crippen LogP contribution in [0, 0.1) is 5.82 Å². The summed E-state index contributed by atoms with van der Waals surface area (Å²) in [5, 5.41) is 4.29. The van der Waals surface area contributed by atoms with E-state index in [1.54, 1.807) is 30.3 Å². The van der Waals surface area contributed by atoms with Crippen molar-refractivity contribution in [1.82, 2.24) is 9.78 Å². The fourth-order valence-electron chi connectivity index (χ4n) is 2.95. The van der Waals surface area contributed by atoms with Gasteiger partial charge in [-0.1, -0.05) is 18.2 Å². The van der Waals surface area contributed by atoms with Crippen molar-refractivity contribution in [3.8, 4) is 16.9 Å². The van der Waals surface area contributed by atoms with Crippen LogP contribution in [-0.4, -0.2) is 50.6 Å². The molecular weight excluding hydrogens is 415 g/mol. The summed E-state index contributed by atoms with van der Waals surface area (Å²) in [6.45, 7) is 0. The lowest BCUT2D eigenvalue weighted by atomic mass is 10.1. The molecular formula is C20H17FN2O6S. The van der Waals surface area contributed by atoms with Crippen molar-refractivity contribution < 1.29 is 31.9 Å². The van der Waals surface area contributed by atoms with E-state index in [0.29, 0.717) is 5.69 Å². The third-order valence-electron chi connectivity index (χ3n) is 4.25. The van der Waals surface area contributed by atoms with Crippen LogP contribution in [0.25, 0.3) is 16.9 Å². The topological polar surface area (TPSA) is 105 Å². The number of nitrogens with zero attached hydrogens (tertiary/aromatic N) is 2. The summed E-state index contributed by atoms with van der Waals surface area (Å²) in [6, 6.07) is 11.3. The second kappa shape index (κ2) is 8.07. The van der Waals surface area contributed by atoms with Gasteiger partial charge in [0.2, 0.25) is 0 Å². The van der Waals surface area contributed by atoms with Crippen molar-refractivity contribution in [2.45, 2.75) is 4.90 Å². The summed E-state index contributed by atoms with van der Waals surface area (Å²) in [6.07, 6.45) is 0.941. The van der Waals surface area contributed by atoms with E-state index < -0.39 is 27.6 Å². The van der Waals surface area contributed by atoms with Crippen LogP contribution in [0.5, 0.6) is 0 Å². The summed E-state index contributed by atoms with van der Waals surface area (Å²) in [7, 11) is -1.61. The van der Waals surface area contributed by atoms with Gasteiger partial charge in [0.15, 0.2) is 15.5 Å². The normalized spacial score (nSPS) is 11.2. The Labute approximate surface area is 171 Å². The van der Waals surface area contributed by atoms with E-state index in [9.17, 15) is 22.4 Å². The van der Waals surface area contributed by atoms with E-state index in [1.165, 1.54) is 0 Å². The lowest BCUT2D eigenvalue weighted by Crippen LogP contribution is -2.15. The molecule has 156 valence electrons. The number of ether oxygens (including phenoxy) is 2. The van der Waals surface area contributed by atoms with Crippen LogP contribution >= 0.6 is 0 Å². The first-order valence-electron chi connectivity index (χ1n) is 8.54. The zero-order valence-corrected chi connectivity index (χ0v) is 17.1. The number of para-hydroxylation sites is 1. The average Bonchev–Trinajstić information content (AvgIpc) is 3.12. The monoisotopic (exact) mass is 432 g/mol. The van der Waals surface area contributed by atoms with Crippen molar-refractivity contribution in [2.24, 2.45) is 0 Å². The molecule has 0 saturated carbocycles. The van der Waals surface area contributed by atoms with Crippen LogP contribution in [0.4, 0.5) is 4.39 Å². The molecule has 2 aromatic carbocycles. The standard InChI is InChI=1S/C20H17FN2O6S/c1-28-19(24)16-17(14-11-12(21)9-10-15(14)30(3,26)27)22-23(18(16)20(25)29-2)13-7-5-4-6-8-13/h4-11H,1-3H3. The van der Waals surface area contributed by atoms with Gasteiger partial charge in [-0.05, 0) is 30.3 Å². The summed E-state index contributed by atoms with van der Waals surface area (Å²) < 4.78 is 49.3. The summed E-state index contributed by atoms with van der Waals surface area (Å²) in [5.74, 6) is -2.62. The highest BCUT2D eigenvalue weighted by molar-refractivity contribution is 7.90. The van der Waals surface area contributed by atoms with Crippen LogP contribution in [0.2, 0.25) is 0 Å². The van der Waals surface area contributed by atoms with Gasteiger partial charge in [-0.15, -0.1) is 0 Å². The Morgan fingerprint density at radius 3 is 2.20 bits per heavy atom. The van der Waals surface area contributed by atoms with Gasteiger partial charge in [-0.3, -0.25) is 0 Å². The highest BCUT2D eigenvalue weighted by Crippen LogP contribution is 2.33. The number of sulfone groups is 1. The van der Waals surface area contributed by atoms with Gasteiger partial charge in [-0.25, -0.2) is 27.1 Å². The van der Waals surface area contributed by atoms with E-state index in [-0.39, 0.29) is 27.4 Å². The Bertz CT molecular complexity index is 1240. The molecule has 0 fully saturated rings. The number of benzene rings is 2. The third kappa shape index (κ3) is 3.81. The van der Waals surface area contributed by atoms with Gasteiger partial charge in [-0.2, -0.15) is 5.10 Å². The van der Waals surface area contributed by atoms with Gasteiger partial charge in [0, 0.05) is 11.8 Å². The molecule has 1 heterocycles. The van der Waals surface area contributed by atoms with Crippen LogP contribution in [-0.2, 0) is 19.3 Å². The molecule has 8 nitrogen and oxygen atoms in total. The lowest BCUT2D eigenvalue weighted by Gasteiger charge is -2.08. The first kappa shape index (κ1) is 21.2. The number of esters is 2. The molecule has 0 spiro atoms. The Balaban J connectivity index is 2.48. The molecule has 10 heteroatoms. The smallest absolute Gasteiger partial charge is 0.357 e. The fraction of sp³-hybridized carbons (Fsp3) is 0.150. The average molecular weight is 432 g/mol. The molecule has 0 bridgehead atoms. The predicted molar refractivity (Wildman–Crippen MR) is 105 cm³/mol. The van der Waals surface area contributed by atoms with Gasteiger partial charge < -0.3 is 9.47 Å². The van der Waals surface area contributed by atoms with Crippen LogP contribution in [0.1, 0.15) is 20.8 Å². The number of methoxy groups -OCH3 is 2. The Hall–Kier alpha value is -3.53. The van der Waals surface area contributed by atoms with E-state index in [0.717, 1.165) is 43.4 Å². The quantitative estimate of drug-likeness (QED) is 0.451. The Morgan fingerprint density at radius 2 is 1.63 bits per heavy atom. The molecule has 3 aromatic rings. The third-order valence-corrected chi connectivity index (χ3v) is 5.41. The van der Waals surface area contributed by atoms with Gasteiger partial charge >= 0.3 is 11.9 Å². The van der Waals surface area contributed by atoms with Crippen molar-refractivity contribution in [3.05, 3.63) is 65.6 Å². The SMILES string of the molecule is COC(=O)c1c(-c2cc(F)ccc2S(C)(=O)=O)nn(-c2ccccc2)c1C(=O)OC. The maximum atomic E-state index is 14.1. The second-order valence-corrected chi connectivity index (χ2v) is 8.20. The van der Waals surface area contributed by atoms with Crippen LogP contribution in [0.15, 0.2) is 53.4 Å². The summed E-state index contributed by atoms with van der Waals surface area (Å²) in [5.41, 5.74) is -0.645. The maximum Gasteiger partial charge on any atom is 0.357 e. The fourth-order valence-corrected chi connectivity index (χ4v) is 3.82. The zero-order valence-electron chi connectivity index (χ0n) is 16.2. The van der Waals surface area contributed by atoms with Crippen molar-refractivity contribution in [3.63, 3.8) is 0 Å². The van der Waals surface area contributed by atoms with Crippen molar-refractivity contribution >= 4 is 21.8 Å². The highest BCUT2D eigenvalue weighted by atomic mass is 32.2. The molecule has 0 N–H and O–H groups in total. The molecule has 0 amide bonds. The summed E-state index contributed by atoms with van der Waals surface area (Å²) in [4.78, 5) is 24.9. The second-order valence-electron chi connectivity index (χ2n) is 6.22. The molecule has 0 radical (unpaired) electrons. The minimum Gasteiger partial charge on any atom is -0.465 e. The number of hydrogen-bond donors (Lipinski definition) is 0. The first-order valence-corrected chi connectivity index (χ1v) is 10.4. The maximum absolute atomic E-state index is 14.1. The zero-order chi connectivity index (χ0) is 22.1. The van der Waals surface area contributed by atoms with E-state index >= 15 is 0 Å². The van der Waals surface area contributed by atoms with Crippen LogP contribution in [0.3, 0.4) is 0 Å². The molecule has 0 aliphatic heterocycles. The largest absolute Gasteiger partial charge is 0.465 e. The molecule has 0 aliphatic rings. The molecule has 0 unspecified atom stereocenters. The first-order chi connectivity index (χ1) is 14.2. The Morgan fingerprint density at radius 1 is 1.00 bits per heavy atom. The molecule has 1 aromatic heterocycles. The molecule has 0 aliphatic carbocycles. The Kier molecular flexibility index (Phi) is 5.70. The van der Waals surface area contributed by atoms with E-state index in [2.05, 4.69) is 5.10 Å². The predicted octanol–water partition coefficient (Wildman–Crippen LogP) is 2.66. The molecule has 30 heavy (non-hydrogen) atoms. The van der Waals surface area contributed by atoms with Gasteiger partial charge in [0.1, 0.15) is 17.1 Å². The minimum absolute atomic E-state index is 0.183. The summed E-state index contributed by atoms with van der Waals surface area (Å²) >= 11 is 0. The van der Waals surface area contributed by atoms with E-state index in [4.69, 9.17) is 9.47 Å². The van der Waals surface area contributed by atoms with Crippen LogP contribution < -0.4 is 0 Å². The minimum atomic E-state index is -3.83. The number of hydrogen-bond acceptors (Lipinski definition) is 7. The molecule has 0 atom stereocenters. The number of carbonyl (C=O) groups is 2. The number of rotatable bonds is 5. The molecule has 0 saturated heterocycles. The highest BCUT2D eigenvalue weighted by Gasteiger charge is 2.33. The lowest BCUT2D eigenvalue weighted by molar-refractivity contribution is 0.0549. The number of aromatic nitrogens is 2. The van der Waals surface area contributed by atoms with Gasteiger partial charge in [0.25, 0.3) is 0 Å². The van der Waals surface area contributed by atoms with Crippen molar-refractivity contribution in [1.29, 1.82) is 0 Å². The molecule has 3 rings (SSSR count). The number of carbonyl (C=O) groups excluding carboxylic acids is 2. The van der Waals surface area contributed by atoms with Gasteiger partial charge in [0.05, 0.1) is 24.8 Å². The van der Waals surface area contributed by atoms with Crippen molar-refractivity contribution in [2.75, 3.05) is 20.5 Å². The van der Waals surface area contributed by atoms with E-state index in [1.807, 2.05) is 0 Å². The number of halogens is 1.